The van der Waals surface area contributed by atoms with Gasteiger partial charge in [-0.2, -0.15) is 0 Å². The molecule has 1 aromatic carbocycles. The predicted molar refractivity (Wildman–Crippen MR) is 102 cm³/mol. The highest BCUT2D eigenvalue weighted by atomic mass is 79.9. The molecule has 2 heterocycles. The minimum absolute atomic E-state index is 0.0213. The van der Waals surface area contributed by atoms with E-state index in [2.05, 4.69) is 20.9 Å². The maximum Gasteiger partial charge on any atom is 0.255 e. The van der Waals surface area contributed by atoms with Crippen LogP contribution < -0.4 is 0 Å². The average Bonchev–Trinajstić information content (AvgIpc) is 3.48. The fourth-order valence-electron chi connectivity index (χ4n) is 3.62. The van der Waals surface area contributed by atoms with Gasteiger partial charge in [-0.15, -0.1) is 0 Å². The molecule has 0 N–H and O–H groups in total. The van der Waals surface area contributed by atoms with Crippen molar-refractivity contribution in [3.63, 3.8) is 0 Å². The van der Waals surface area contributed by atoms with Crippen molar-refractivity contribution in [1.82, 2.24) is 14.8 Å². The number of nitrogens with zero attached hydrogens (tertiary/aromatic N) is 3. The van der Waals surface area contributed by atoms with Crippen LogP contribution in [-0.2, 0) is 4.79 Å². The molecule has 0 radical (unpaired) electrons. The smallest absolute Gasteiger partial charge is 0.255 e. The molecule has 2 atom stereocenters. The number of aromatic nitrogens is 1. The molecule has 0 unspecified atom stereocenters. The number of benzene rings is 1. The zero-order valence-corrected chi connectivity index (χ0v) is 16.2. The summed E-state index contributed by atoms with van der Waals surface area (Å²) in [6.07, 6.45) is 4.01. The lowest BCUT2D eigenvalue weighted by Gasteiger charge is -2.35. The van der Waals surface area contributed by atoms with Crippen LogP contribution >= 0.6 is 15.9 Å². The first-order chi connectivity index (χ1) is 13.0. The molecule has 140 valence electrons. The maximum absolute atomic E-state index is 13.0. The van der Waals surface area contributed by atoms with Gasteiger partial charge >= 0.3 is 0 Å². The largest absolute Gasteiger partial charge is 0.339 e. The van der Waals surface area contributed by atoms with E-state index in [0.717, 1.165) is 16.5 Å². The Balaban J connectivity index is 1.32. The number of rotatable bonds is 3. The fraction of sp³-hybridized carbons (Fsp3) is 0.350. The first-order valence-corrected chi connectivity index (χ1v) is 9.76. The Bertz CT molecular complexity index is 866. The zero-order valence-electron chi connectivity index (χ0n) is 14.6. The molecule has 1 saturated heterocycles. The van der Waals surface area contributed by atoms with Crippen molar-refractivity contribution in [2.45, 2.75) is 12.3 Å². The summed E-state index contributed by atoms with van der Waals surface area (Å²) in [6.45, 7) is 2.12. The van der Waals surface area contributed by atoms with Crippen LogP contribution in [0.1, 0.15) is 28.3 Å². The van der Waals surface area contributed by atoms with Gasteiger partial charge in [0.25, 0.3) is 5.91 Å². The van der Waals surface area contributed by atoms with Crippen molar-refractivity contribution >= 4 is 27.7 Å². The maximum atomic E-state index is 13.0. The molecule has 7 heteroatoms. The number of carbonyl (C=O) groups excluding carboxylic acids is 2. The second kappa shape index (κ2) is 7.38. The summed E-state index contributed by atoms with van der Waals surface area (Å²) in [5, 5.41) is 0. The minimum atomic E-state index is -0.260. The first-order valence-electron chi connectivity index (χ1n) is 8.97. The van der Waals surface area contributed by atoms with Crippen LogP contribution in [0.4, 0.5) is 4.39 Å². The molecular formula is C20H19BrFN3O2. The summed E-state index contributed by atoms with van der Waals surface area (Å²) in [6, 6.07) is 8.16. The third kappa shape index (κ3) is 3.88. The molecule has 2 fully saturated rings. The normalized spacial score (nSPS) is 21.9. The Labute approximate surface area is 165 Å². The summed E-state index contributed by atoms with van der Waals surface area (Å²) in [7, 11) is 0. The molecule has 1 saturated carbocycles. The first kappa shape index (κ1) is 18.1. The monoisotopic (exact) mass is 431 g/mol. The van der Waals surface area contributed by atoms with E-state index < -0.39 is 0 Å². The van der Waals surface area contributed by atoms with Gasteiger partial charge in [-0.3, -0.25) is 14.6 Å². The van der Waals surface area contributed by atoms with Crippen LogP contribution in [0.25, 0.3) is 0 Å². The average molecular weight is 432 g/mol. The zero-order chi connectivity index (χ0) is 19.0. The van der Waals surface area contributed by atoms with Crippen LogP contribution in [0.5, 0.6) is 0 Å². The Hall–Kier alpha value is -2.28. The van der Waals surface area contributed by atoms with Crippen LogP contribution in [-0.4, -0.2) is 52.8 Å². The van der Waals surface area contributed by atoms with Gasteiger partial charge in [0.15, 0.2) is 0 Å². The number of pyridine rings is 1. The number of piperazine rings is 1. The summed E-state index contributed by atoms with van der Waals surface area (Å²) in [4.78, 5) is 32.9. The van der Waals surface area contributed by atoms with Crippen LogP contribution in [0, 0.1) is 11.7 Å². The van der Waals surface area contributed by atoms with Crippen molar-refractivity contribution in [2.75, 3.05) is 26.2 Å². The van der Waals surface area contributed by atoms with Gasteiger partial charge in [0.2, 0.25) is 5.91 Å². The van der Waals surface area contributed by atoms with E-state index in [4.69, 9.17) is 0 Å². The van der Waals surface area contributed by atoms with Gasteiger partial charge in [-0.05, 0) is 52.0 Å². The number of carbonyl (C=O) groups is 2. The van der Waals surface area contributed by atoms with E-state index in [9.17, 15) is 14.0 Å². The molecular weight excluding hydrogens is 413 g/mol. The van der Waals surface area contributed by atoms with Gasteiger partial charge in [0, 0.05) is 49.0 Å². The fourth-order valence-corrected chi connectivity index (χ4v) is 3.99. The number of amides is 2. The molecule has 2 amide bonds. The summed E-state index contributed by atoms with van der Waals surface area (Å²) >= 11 is 3.33. The number of hydrogen-bond donors (Lipinski definition) is 0. The molecule has 2 aliphatic rings. The predicted octanol–water partition coefficient (Wildman–Crippen LogP) is 3.07. The lowest BCUT2D eigenvalue weighted by Crippen LogP contribution is -2.51. The quantitative estimate of drug-likeness (QED) is 0.750. The van der Waals surface area contributed by atoms with Gasteiger partial charge in [-0.1, -0.05) is 12.1 Å². The highest BCUT2D eigenvalue weighted by Crippen LogP contribution is 2.48. The molecule has 4 rings (SSSR count). The molecule has 1 aliphatic carbocycles. The molecule has 1 aliphatic heterocycles. The molecule has 27 heavy (non-hydrogen) atoms. The van der Waals surface area contributed by atoms with Gasteiger partial charge in [-0.25, -0.2) is 4.39 Å². The topological polar surface area (TPSA) is 53.5 Å². The Morgan fingerprint density at radius 3 is 2.37 bits per heavy atom. The lowest BCUT2D eigenvalue weighted by atomic mass is 10.1. The van der Waals surface area contributed by atoms with Crippen molar-refractivity contribution in [3.05, 3.63) is 64.1 Å². The van der Waals surface area contributed by atoms with Crippen molar-refractivity contribution in [1.29, 1.82) is 0 Å². The molecule has 1 aromatic heterocycles. The van der Waals surface area contributed by atoms with Gasteiger partial charge in [0.05, 0.1) is 5.56 Å². The molecule has 0 bridgehead atoms. The molecule has 0 spiro atoms. The van der Waals surface area contributed by atoms with Crippen LogP contribution in [0.3, 0.4) is 0 Å². The van der Waals surface area contributed by atoms with Crippen LogP contribution in [0.15, 0.2) is 47.2 Å². The molecule has 2 aromatic rings. The SMILES string of the molecule is O=C(c1cncc(Br)c1)N1CCN(C(=O)[C@@H]2C[C@@H]2c2ccc(F)cc2)CC1. The minimum Gasteiger partial charge on any atom is -0.339 e. The Kier molecular flexibility index (Phi) is 4.95. The number of hydrogen-bond acceptors (Lipinski definition) is 3. The second-order valence-corrected chi connectivity index (χ2v) is 7.93. The van der Waals surface area contributed by atoms with E-state index in [1.165, 1.54) is 12.1 Å². The summed E-state index contributed by atoms with van der Waals surface area (Å²) < 4.78 is 13.8. The van der Waals surface area contributed by atoms with Gasteiger partial charge in [0.1, 0.15) is 5.82 Å². The summed E-state index contributed by atoms with van der Waals surface area (Å²) in [5.41, 5.74) is 1.56. The van der Waals surface area contributed by atoms with Crippen molar-refractivity contribution in [3.8, 4) is 0 Å². The third-order valence-electron chi connectivity index (χ3n) is 5.24. The second-order valence-electron chi connectivity index (χ2n) is 7.01. The number of halogens is 2. The Morgan fingerprint density at radius 2 is 1.70 bits per heavy atom. The van der Waals surface area contributed by atoms with Crippen molar-refractivity contribution < 1.29 is 14.0 Å². The van der Waals surface area contributed by atoms with E-state index >= 15 is 0 Å². The van der Waals surface area contributed by atoms with Gasteiger partial charge < -0.3 is 9.80 Å². The summed E-state index contributed by atoms with van der Waals surface area (Å²) in [5.74, 6) is -0.0201. The van der Waals surface area contributed by atoms with E-state index in [1.807, 2.05) is 4.90 Å². The highest BCUT2D eigenvalue weighted by Gasteiger charge is 2.46. The Morgan fingerprint density at radius 1 is 1.04 bits per heavy atom. The molecule has 5 nitrogen and oxygen atoms in total. The third-order valence-corrected chi connectivity index (χ3v) is 5.67. The van der Waals surface area contributed by atoms with E-state index in [-0.39, 0.29) is 29.5 Å². The van der Waals surface area contributed by atoms with Crippen LogP contribution in [0.2, 0.25) is 0 Å². The standard InChI is InChI=1S/C20H19BrFN3O2/c21-15-9-14(11-23-12-15)19(26)24-5-7-25(8-6-24)20(27)18-10-17(18)13-1-3-16(22)4-2-13/h1-4,9,11-12,17-18H,5-8,10H2/t17-,18-/m1/s1. The lowest BCUT2D eigenvalue weighted by molar-refractivity contribution is -0.134. The highest BCUT2D eigenvalue weighted by molar-refractivity contribution is 9.10. The van der Waals surface area contributed by atoms with E-state index in [0.29, 0.717) is 31.7 Å². The van der Waals surface area contributed by atoms with E-state index in [1.54, 1.807) is 35.5 Å². The van der Waals surface area contributed by atoms with Crippen molar-refractivity contribution in [2.24, 2.45) is 5.92 Å².